The molecule has 0 aromatic carbocycles. The van der Waals surface area contributed by atoms with Crippen molar-refractivity contribution >= 4 is 34.1 Å². The van der Waals surface area contributed by atoms with E-state index in [2.05, 4.69) is 32.9 Å². The molecule has 1 aromatic rings. The number of hydrogen-bond donors (Lipinski definition) is 2. The van der Waals surface area contributed by atoms with Crippen molar-refractivity contribution in [2.75, 3.05) is 17.6 Å². The first-order chi connectivity index (χ1) is 6.25. The third-order valence-corrected chi connectivity index (χ3v) is 3.01. The van der Waals surface area contributed by atoms with E-state index >= 15 is 0 Å². The largest absolute Gasteiger partial charge is 0.384 e. The van der Waals surface area contributed by atoms with Crippen LogP contribution in [-0.2, 0) is 0 Å². The molecule has 70 valence electrons. The summed E-state index contributed by atoms with van der Waals surface area (Å²) < 4.78 is 1.13. The lowest BCUT2D eigenvalue weighted by molar-refractivity contribution is 0.888. The molecule has 1 aromatic heterocycles. The van der Waals surface area contributed by atoms with Gasteiger partial charge in [0, 0.05) is 18.8 Å². The Bertz CT molecular complexity index is 310. The van der Waals surface area contributed by atoms with E-state index < -0.39 is 0 Å². The lowest BCUT2D eigenvalue weighted by Gasteiger charge is -2.07. The summed E-state index contributed by atoms with van der Waals surface area (Å²) in [6, 6.07) is 1.89. The first kappa shape index (κ1) is 9.05. The van der Waals surface area contributed by atoms with Gasteiger partial charge < -0.3 is 11.1 Å². The molecule has 1 heterocycles. The van der Waals surface area contributed by atoms with E-state index in [-0.39, 0.29) is 0 Å². The maximum Gasteiger partial charge on any atom is 0.125 e. The van der Waals surface area contributed by atoms with E-state index in [0.29, 0.717) is 5.82 Å². The number of nitrogen functional groups attached to an aromatic ring is 1. The number of anilines is 2. The van der Waals surface area contributed by atoms with Gasteiger partial charge in [-0.25, -0.2) is 4.98 Å². The van der Waals surface area contributed by atoms with Crippen molar-refractivity contribution in [1.29, 1.82) is 0 Å². The Morgan fingerprint density at radius 2 is 2.38 bits per heavy atom. The highest BCUT2D eigenvalue weighted by Crippen LogP contribution is 2.29. The fourth-order valence-corrected chi connectivity index (χ4v) is 1.65. The zero-order valence-corrected chi connectivity index (χ0v) is 9.41. The Morgan fingerprint density at radius 1 is 1.62 bits per heavy atom. The molecule has 0 bridgehead atoms. The van der Waals surface area contributed by atoms with Crippen LogP contribution in [0.5, 0.6) is 0 Å². The Labute approximate surface area is 91.3 Å². The molecule has 2 rings (SSSR count). The maximum absolute atomic E-state index is 5.60. The molecule has 0 unspecified atom stereocenters. The van der Waals surface area contributed by atoms with E-state index in [1.165, 1.54) is 12.8 Å². The van der Waals surface area contributed by atoms with Crippen molar-refractivity contribution in [3.05, 3.63) is 15.8 Å². The molecule has 3 N–H and O–H groups in total. The average molecular weight is 289 g/mol. The van der Waals surface area contributed by atoms with Crippen molar-refractivity contribution in [3.63, 3.8) is 0 Å². The standard InChI is InChI=1S/C9H12IN3/c10-7-5-13-9(11)3-8(7)12-4-6-1-2-6/h3,5-6H,1-2,4H2,(H3,11,12,13). The highest BCUT2D eigenvalue weighted by Gasteiger charge is 2.20. The lowest BCUT2D eigenvalue weighted by Crippen LogP contribution is -2.05. The molecular weight excluding hydrogens is 277 g/mol. The second-order valence-corrected chi connectivity index (χ2v) is 4.58. The van der Waals surface area contributed by atoms with Gasteiger partial charge in [-0.2, -0.15) is 0 Å². The van der Waals surface area contributed by atoms with Crippen LogP contribution in [0.25, 0.3) is 0 Å². The van der Waals surface area contributed by atoms with Gasteiger partial charge in [-0.15, -0.1) is 0 Å². The van der Waals surface area contributed by atoms with E-state index in [0.717, 1.165) is 21.7 Å². The van der Waals surface area contributed by atoms with Crippen LogP contribution in [0.3, 0.4) is 0 Å². The SMILES string of the molecule is Nc1cc(NCC2CC2)c(I)cn1. The molecule has 1 aliphatic rings. The molecule has 13 heavy (non-hydrogen) atoms. The Morgan fingerprint density at radius 3 is 3.08 bits per heavy atom. The van der Waals surface area contributed by atoms with Crippen LogP contribution in [-0.4, -0.2) is 11.5 Å². The summed E-state index contributed by atoms with van der Waals surface area (Å²) in [4.78, 5) is 4.01. The number of rotatable bonds is 3. The molecule has 0 amide bonds. The number of pyridine rings is 1. The molecule has 0 saturated heterocycles. The first-order valence-electron chi connectivity index (χ1n) is 4.40. The highest BCUT2D eigenvalue weighted by atomic mass is 127. The van der Waals surface area contributed by atoms with Crippen LogP contribution in [0.1, 0.15) is 12.8 Å². The molecule has 1 saturated carbocycles. The minimum absolute atomic E-state index is 0.582. The topological polar surface area (TPSA) is 50.9 Å². The molecule has 0 spiro atoms. The van der Waals surface area contributed by atoms with Crippen LogP contribution in [0.2, 0.25) is 0 Å². The molecule has 0 aliphatic heterocycles. The normalized spacial score (nSPS) is 15.8. The molecular formula is C9H12IN3. The Kier molecular flexibility index (Phi) is 2.57. The maximum atomic E-state index is 5.60. The smallest absolute Gasteiger partial charge is 0.125 e. The number of nitrogens with zero attached hydrogens (tertiary/aromatic N) is 1. The number of aromatic nitrogens is 1. The summed E-state index contributed by atoms with van der Waals surface area (Å²) in [7, 11) is 0. The number of nitrogens with one attached hydrogen (secondary N) is 1. The molecule has 1 fully saturated rings. The zero-order chi connectivity index (χ0) is 9.26. The van der Waals surface area contributed by atoms with Gasteiger partial charge in [-0.1, -0.05) is 0 Å². The van der Waals surface area contributed by atoms with Gasteiger partial charge in [0.15, 0.2) is 0 Å². The Balaban J connectivity index is 2.03. The monoisotopic (exact) mass is 289 g/mol. The summed E-state index contributed by atoms with van der Waals surface area (Å²) in [5.74, 6) is 1.46. The lowest BCUT2D eigenvalue weighted by atomic mass is 10.3. The second kappa shape index (κ2) is 3.69. The van der Waals surface area contributed by atoms with Crippen LogP contribution >= 0.6 is 22.6 Å². The van der Waals surface area contributed by atoms with Crippen molar-refractivity contribution < 1.29 is 0 Å². The number of halogens is 1. The number of hydrogen-bond acceptors (Lipinski definition) is 3. The predicted octanol–water partition coefficient (Wildman–Crippen LogP) is 2.09. The van der Waals surface area contributed by atoms with Crippen LogP contribution in [0.4, 0.5) is 11.5 Å². The predicted molar refractivity (Wildman–Crippen MR) is 62.6 cm³/mol. The summed E-state index contributed by atoms with van der Waals surface area (Å²) in [6.07, 6.45) is 4.53. The summed E-state index contributed by atoms with van der Waals surface area (Å²) >= 11 is 2.26. The molecule has 0 atom stereocenters. The fraction of sp³-hybridized carbons (Fsp3) is 0.444. The molecule has 0 radical (unpaired) electrons. The number of nitrogens with two attached hydrogens (primary N) is 1. The first-order valence-corrected chi connectivity index (χ1v) is 5.48. The van der Waals surface area contributed by atoms with E-state index in [9.17, 15) is 0 Å². The Hall–Kier alpha value is -0.520. The van der Waals surface area contributed by atoms with Gasteiger partial charge in [0.1, 0.15) is 5.82 Å². The van der Waals surface area contributed by atoms with E-state index in [1.54, 1.807) is 6.20 Å². The minimum atomic E-state index is 0.582. The summed E-state index contributed by atoms with van der Waals surface area (Å²) in [5.41, 5.74) is 6.71. The second-order valence-electron chi connectivity index (χ2n) is 3.41. The van der Waals surface area contributed by atoms with Crippen LogP contribution in [0, 0.1) is 9.49 Å². The summed E-state index contributed by atoms with van der Waals surface area (Å²) in [5, 5.41) is 3.39. The van der Waals surface area contributed by atoms with Gasteiger partial charge >= 0.3 is 0 Å². The average Bonchev–Trinajstić information content (AvgIpc) is 2.90. The van der Waals surface area contributed by atoms with Gasteiger partial charge in [-0.3, -0.25) is 0 Å². The van der Waals surface area contributed by atoms with Crippen LogP contribution < -0.4 is 11.1 Å². The van der Waals surface area contributed by atoms with Gasteiger partial charge in [0.05, 0.1) is 9.26 Å². The quantitative estimate of drug-likeness (QED) is 0.838. The van der Waals surface area contributed by atoms with Gasteiger partial charge in [-0.05, 0) is 41.4 Å². The van der Waals surface area contributed by atoms with E-state index in [1.807, 2.05) is 6.07 Å². The van der Waals surface area contributed by atoms with Gasteiger partial charge in [0.2, 0.25) is 0 Å². The zero-order valence-electron chi connectivity index (χ0n) is 7.26. The van der Waals surface area contributed by atoms with Crippen LogP contribution in [0.15, 0.2) is 12.3 Å². The van der Waals surface area contributed by atoms with Crippen molar-refractivity contribution in [2.45, 2.75) is 12.8 Å². The third kappa shape index (κ3) is 2.46. The summed E-state index contributed by atoms with van der Waals surface area (Å²) in [6.45, 7) is 1.07. The van der Waals surface area contributed by atoms with Crippen molar-refractivity contribution in [1.82, 2.24) is 4.98 Å². The third-order valence-electron chi connectivity index (χ3n) is 2.15. The van der Waals surface area contributed by atoms with Crippen molar-refractivity contribution in [2.24, 2.45) is 5.92 Å². The molecule has 1 aliphatic carbocycles. The highest BCUT2D eigenvalue weighted by molar-refractivity contribution is 14.1. The van der Waals surface area contributed by atoms with Crippen molar-refractivity contribution in [3.8, 4) is 0 Å². The molecule has 4 heteroatoms. The molecule has 3 nitrogen and oxygen atoms in total. The fourth-order valence-electron chi connectivity index (χ4n) is 1.17. The minimum Gasteiger partial charge on any atom is -0.384 e. The van der Waals surface area contributed by atoms with E-state index in [4.69, 9.17) is 5.73 Å². The van der Waals surface area contributed by atoms with Gasteiger partial charge in [0.25, 0.3) is 0 Å².